The molecule has 2 rings (SSSR count). The zero-order valence-electron chi connectivity index (χ0n) is 12.4. The van der Waals surface area contributed by atoms with Gasteiger partial charge in [0, 0.05) is 37.8 Å². The van der Waals surface area contributed by atoms with E-state index in [-0.39, 0.29) is 11.8 Å². The summed E-state index contributed by atoms with van der Waals surface area (Å²) in [6, 6.07) is 7.13. The van der Waals surface area contributed by atoms with Crippen LogP contribution in [0, 0.1) is 5.92 Å². The fourth-order valence-electron chi connectivity index (χ4n) is 2.49. The van der Waals surface area contributed by atoms with E-state index in [1.807, 2.05) is 0 Å². The molecule has 1 unspecified atom stereocenters. The fraction of sp³-hybridized carbons (Fsp3) is 0.500. The first kappa shape index (κ1) is 15.5. The molecule has 1 aliphatic rings. The predicted octanol–water partition coefficient (Wildman–Crippen LogP) is 2.38. The first-order chi connectivity index (χ1) is 10.1. The van der Waals surface area contributed by atoms with Crippen LogP contribution in [0.25, 0.3) is 0 Å². The van der Waals surface area contributed by atoms with Gasteiger partial charge >= 0.3 is 0 Å². The molecule has 5 nitrogen and oxygen atoms in total. The molecule has 2 N–H and O–H groups in total. The summed E-state index contributed by atoms with van der Waals surface area (Å²) >= 11 is 0. The van der Waals surface area contributed by atoms with E-state index in [1.165, 1.54) is 13.3 Å². The lowest BCUT2D eigenvalue weighted by Crippen LogP contribution is -2.25. The molecule has 1 aromatic rings. The van der Waals surface area contributed by atoms with Gasteiger partial charge in [0.25, 0.3) is 0 Å². The van der Waals surface area contributed by atoms with Crippen LogP contribution in [-0.4, -0.2) is 24.9 Å². The molecule has 1 fully saturated rings. The minimum absolute atomic E-state index is 0.0350. The first-order valence-electron chi connectivity index (χ1n) is 7.44. The van der Waals surface area contributed by atoms with Gasteiger partial charge < -0.3 is 10.6 Å². The molecule has 0 saturated carbocycles. The van der Waals surface area contributed by atoms with Crippen LogP contribution in [0.2, 0.25) is 0 Å². The van der Waals surface area contributed by atoms with Gasteiger partial charge in [0.2, 0.25) is 11.8 Å². The van der Waals surface area contributed by atoms with Crippen molar-refractivity contribution in [2.75, 3.05) is 23.7 Å². The number of nitrogens with one attached hydrogen (secondary N) is 2. The third kappa shape index (κ3) is 5.55. The quantitative estimate of drug-likeness (QED) is 0.873. The third-order valence-corrected chi connectivity index (χ3v) is 3.58. The second kappa shape index (κ2) is 7.78. The molecule has 1 aliphatic heterocycles. The van der Waals surface area contributed by atoms with Crippen LogP contribution < -0.4 is 16.0 Å². The van der Waals surface area contributed by atoms with Crippen LogP contribution in [0.15, 0.2) is 24.3 Å². The average molecular weight is 288 g/mol. The maximum absolute atomic E-state index is 11.9. The SMILES string of the molecule is CC(=O)Nc1ccc(NC(=O)CCC2CCC[N]C2)cc1. The summed E-state index contributed by atoms with van der Waals surface area (Å²) in [5, 5.41) is 9.96. The minimum Gasteiger partial charge on any atom is -0.326 e. The molecular weight excluding hydrogens is 266 g/mol. The summed E-state index contributed by atoms with van der Waals surface area (Å²) in [5.74, 6) is 0.490. The average Bonchev–Trinajstić information content (AvgIpc) is 2.48. The van der Waals surface area contributed by atoms with Gasteiger partial charge in [0.05, 0.1) is 0 Å². The van der Waals surface area contributed by atoms with Crippen molar-refractivity contribution in [3.8, 4) is 0 Å². The van der Waals surface area contributed by atoms with E-state index in [0.29, 0.717) is 12.3 Å². The third-order valence-electron chi connectivity index (χ3n) is 3.58. The summed E-state index contributed by atoms with van der Waals surface area (Å²) < 4.78 is 0. The molecule has 2 amide bonds. The number of hydrogen-bond acceptors (Lipinski definition) is 2. The second-order valence-electron chi connectivity index (χ2n) is 5.48. The highest BCUT2D eigenvalue weighted by molar-refractivity contribution is 5.92. The van der Waals surface area contributed by atoms with Crippen molar-refractivity contribution in [2.24, 2.45) is 5.92 Å². The molecule has 0 aliphatic carbocycles. The Balaban J connectivity index is 1.75. The zero-order valence-corrected chi connectivity index (χ0v) is 12.4. The Morgan fingerprint density at radius 3 is 2.43 bits per heavy atom. The topological polar surface area (TPSA) is 72.3 Å². The Morgan fingerprint density at radius 2 is 1.86 bits per heavy atom. The summed E-state index contributed by atoms with van der Waals surface area (Å²) in [6.07, 6.45) is 3.77. The van der Waals surface area contributed by atoms with Gasteiger partial charge in [-0.15, -0.1) is 0 Å². The van der Waals surface area contributed by atoms with Crippen LogP contribution in [0.4, 0.5) is 11.4 Å². The largest absolute Gasteiger partial charge is 0.326 e. The molecule has 0 bridgehead atoms. The molecule has 1 heterocycles. The van der Waals surface area contributed by atoms with Crippen molar-refractivity contribution in [2.45, 2.75) is 32.6 Å². The van der Waals surface area contributed by atoms with E-state index >= 15 is 0 Å². The molecule has 1 radical (unpaired) electrons. The number of anilines is 2. The van der Waals surface area contributed by atoms with E-state index in [1.54, 1.807) is 24.3 Å². The lowest BCUT2D eigenvalue weighted by Gasteiger charge is -2.20. The highest BCUT2D eigenvalue weighted by Crippen LogP contribution is 2.18. The van der Waals surface area contributed by atoms with Gasteiger partial charge in [-0.05, 0) is 49.4 Å². The summed E-state index contributed by atoms with van der Waals surface area (Å²) in [5.41, 5.74) is 1.48. The zero-order chi connectivity index (χ0) is 15.1. The molecule has 0 spiro atoms. The summed E-state index contributed by atoms with van der Waals surface area (Å²) in [4.78, 5) is 22.8. The van der Waals surface area contributed by atoms with Crippen LogP contribution in [-0.2, 0) is 9.59 Å². The number of carbonyl (C=O) groups is 2. The van der Waals surface area contributed by atoms with Gasteiger partial charge in [-0.1, -0.05) is 0 Å². The lowest BCUT2D eigenvalue weighted by atomic mass is 9.94. The maximum Gasteiger partial charge on any atom is 0.224 e. The highest BCUT2D eigenvalue weighted by atomic mass is 16.2. The molecule has 21 heavy (non-hydrogen) atoms. The number of piperidine rings is 1. The Labute approximate surface area is 125 Å². The van der Waals surface area contributed by atoms with E-state index in [0.717, 1.165) is 37.3 Å². The van der Waals surface area contributed by atoms with Crippen molar-refractivity contribution in [1.29, 1.82) is 0 Å². The van der Waals surface area contributed by atoms with Crippen molar-refractivity contribution < 1.29 is 9.59 Å². The summed E-state index contributed by atoms with van der Waals surface area (Å²) in [7, 11) is 0. The Bertz CT molecular complexity index is 479. The number of benzene rings is 1. The molecule has 1 aromatic carbocycles. The monoisotopic (exact) mass is 288 g/mol. The second-order valence-corrected chi connectivity index (χ2v) is 5.48. The molecule has 1 saturated heterocycles. The van der Waals surface area contributed by atoms with E-state index < -0.39 is 0 Å². The van der Waals surface area contributed by atoms with Gasteiger partial charge in [-0.2, -0.15) is 0 Å². The van der Waals surface area contributed by atoms with Crippen molar-refractivity contribution in [1.82, 2.24) is 5.32 Å². The van der Waals surface area contributed by atoms with Gasteiger partial charge in [0.1, 0.15) is 0 Å². The predicted molar refractivity (Wildman–Crippen MR) is 83.2 cm³/mol. The molecule has 5 heteroatoms. The van der Waals surface area contributed by atoms with E-state index in [4.69, 9.17) is 0 Å². The van der Waals surface area contributed by atoms with Crippen LogP contribution in [0.3, 0.4) is 0 Å². The van der Waals surface area contributed by atoms with Crippen molar-refractivity contribution in [3.63, 3.8) is 0 Å². The minimum atomic E-state index is -0.107. The number of carbonyl (C=O) groups excluding carboxylic acids is 2. The van der Waals surface area contributed by atoms with Crippen LogP contribution in [0.1, 0.15) is 32.6 Å². The molecule has 113 valence electrons. The highest BCUT2D eigenvalue weighted by Gasteiger charge is 2.15. The van der Waals surface area contributed by atoms with Crippen LogP contribution in [0.5, 0.6) is 0 Å². The first-order valence-corrected chi connectivity index (χ1v) is 7.44. The fourth-order valence-corrected chi connectivity index (χ4v) is 2.49. The smallest absolute Gasteiger partial charge is 0.224 e. The molecule has 0 aromatic heterocycles. The lowest BCUT2D eigenvalue weighted by molar-refractivity contribution is -0.116. The Kier molecular flexibility index (Phi) is 5.75. The normalized spacial score (nSPS) is 18.0. The number of hydrogen-bond donors (Lipinski definition) is 2. The van der Waals surface area contributed by atoms with Crippen molar-refractivity contribution >= 4 is 23.2 Å². The molecule has 1 atom stereocenters. The van der Waals surface area contributed by atoms with Crippen molar-refractivity contribution in [3.05, 3.63) is 24.3 Å². The number of amides is 2. The number of rotatable bonds is 5. The maximum atomic E-state index is 11.9. The molecular formula is C16H22N3O2. The Morgan fingerprint density at radius 1 is 1.19 bits per heavy atom. The van der Waals surface area contributed by atoms with E-state index in [2.05, 4.69) is 16.0 Å². The van der Waals surface area contributed by atoms with Gasteiger partial charge in [-0.3, -0.25) is 9.59 Å². The number of nitrogens with zero attached hydrogens (tertiary/aromatic N) is 1. The van der Waals surface area contributed by atoms with Gasteiger partial charge in [-0.25, -0.2) is 5.32 Å². The standard InChI is InChI=1S/C16H22N3O2/c1-12(20)18-14-5-7-15(8-6-14)19-16(21)9-4-13-3-2-10-17-11-13/h5-8,13H,2-4,9-11H2,1H3,(H,18,20)(H,19,21). The Hall–Kier alpha value is -1.88. The van der Waals surface area contributed by atoms with Gasteiger partial charge in [0.15, 0.2) is 0 Å². The van der Waals surface area contributed by atoms with Crippen LogP contribution >= 0.6 is 0 Å². The summed E-state index contributed by atoms with van der Waals surface area (Å²) in [6.45, 7) is 3.34. The van der Waals surface area contributed by atoms with E-state index in [9.17, 15) is 9.59 Å².